The molecule has 0 aliphatic carbocycles. The van der Waals surface area contributed by atoms with E-state index < -0.39 is 5.97 Å². The average Bonchev–Trinajstić information content (AvgIpc) is 3.30. The summed E-state index contributed by atoms with van der Waals surface area (Å²) in [5.74, 6) is 2.35. The highest BCUT2D eigenvalue weighted by Crippen LogP contribution is 2.36. The van der Waals surface area contributed by atoms with Gasteiger partial charge in [0.2, 0.25) is 0 Å². The fourth-order valence-electron chi connectivity index (χ4n) is 5.10. The summed E-state index contributed by atoms with van der Waals surface area (Å²) in [6.07, 6.45) is 3.56. The molecule has 2 aliphatic heterocycles. The van der Waals surface area contributed by atoms with Gasteiger partial charge in [-0.2, -0.15) is 11.8 Å². The molecular formula is C28H34N6O4S. The van der Waals surface area contributed by atoms with E-state index in [1.165, 1.54) is 7.11 Å². The smallest absolute Gasteiger partial charge is 0.337 e. The lowest BCUT2D eigenvalue weighted by atomic mass is 9.90. The third kappa shape index (κ3) is 5.74. The van der Waals surface area contributed by atoms with Crippen LogP contribution in [-0.2, 0) is 4.74 Å². The first-order valence-corrected chi connectivity index (χ1v) is 14.3. The van der Waals surface area contributed by atoms with E-state index in [-0.39, 0.29) is 17.8 Å². The van der Waals surface area contributed by atoms with Crippen LogP contribution in [-0.4, -0.2) is 101 Å². The van der Waals surface area contributed by atoms with Crippen molar-refractivity contribution < 1.29 is 19.4 Å². The topological polar surface area (TPSA) is 114 Å². The molecule has 206 valence electrons. The van der Waals surface area contributed by atoms with Crippen LogP contribution < -0.4 is 4.90 Å². The quantitative estimate of drug-likeness (QED) is 0.363. The van der Waals surface area contributed by atoms with E-state index in [0.717, 1.165) is 48.5 Å². The van der Waals surface area contributed by atoms with Gasteiger partial charge in [0.15, 0.2) is 5.88 Å². The third-order valence-electron chi connectivity index (χ3n) is 7.45. The lowest BCUT2D eigenvalue weighted by Crippen LogP contribution is -2.51. The van der Waals surface area contributed by atoms with Crippen LogP contribution in [0, 0.1) is 5.92 Å². The number of thioether (sulfide) groups is 1. The molecule has 2 aromatic heterocycles. The monoisotopic (exact) mass is 550 g/mol. The van der Waals surface area contributed by atoms with E-state index in [1.54, 1.807) is 36.3 Å². The van der Waals surface area contributed by atoms with Crippen LogP contribution >= 0.6 is 11.8 Å². The number of esters is 1. The van der Waals surface area contributed by atoms with E-state index in [9.17, 15) is 14.7 Å². The molecule has 2 N–H and O–H groups in total. The maximum Gasteiger partial charge on any atom is 0.337 e. The van der Waals surface area contributed by atoms with E-state index in [1.807, 2.05) is 28.8 Å². The Morgan fingerprint density at radius 1 is 1.15 bits per heavy atom. The minimum atomic E-state index is -0.437. The van der Waals surface area contributed by atoms with Gasteiger partial charge < -0.3 is 24.6 Å². The highest BCUT2D eigenvalue weighted by molar-refractivity contribution is 7.99. The Labute approximate surface area is 232 Å². The normalized spacial score (nSPS) is 17.4. The van der Waals surface area contributed by atoms with Crippen LogP contribution in [0.15, 0.2) is 41.5 Å². The van der Waals surface area contributed by atoms with Crippen molar-refractivity contribution in [2.24, 2.45) is 10.9 Å². The first-order valence-electron chi connectivity index (χ1n) is 13.1. The summed E-state index contributed by atoms with van der Waals surface area (Å²) < 4.78 is 4.85. The molecule has 0 atom stereocenters. The van der Waals surface area contributed by atoms with Crippen molar-refractivity contribution >= 4 is 51.9 Å². The van der Waals surface area contributed by atoms with Gasteiger partial charge in [0.05, 0.1) is 35.8 Å². The molecule has 0 radical (unpaired) electrons. The molecule has 1 aromatic carbocycles. The number of H-pyrrole nitrogens is 1. The number of fused-ring (bicyclic) bond motifs is 1. The molecule has 4 heterocycles. The number of nitrogens with zero attached hydrogens (tertiary/aromatic N) is 5. The molecule has 0 bridgehead atoms. The van der Waals surface area contributed by atoms with Crippen molar-refractivity contribution in [1.82, 2.24) is 19.8 Å². The molecule has 0 saturated carbocycles. The lowest BCUT2D eigenvalue weighted by molar-refractivity contribution is 0.0601. The number of likely N-dealkylation sites (N-methyl/N-ethyl adjacent to an activating group) is 1. The van der Waals surface area contributed by atoms with Crippen molar-refractivity contribution in [2.45, 2.75) is 12.8 Å². The maximum absolute atomic E-state index is 13.0. The van der Waals surface area contributed by atoms with E-state index in [0.29, 0.717) is 41.2 Å². The van der Waals surface area contributed by atoms with Crippen LogP contribution in [0.1, 0.15) is 28.8 Å². The Hall–Kier alpha value is -3.57. The molecule has 10 nitrogen and oxygen atoms in total. The van der Waals surface area contributed by atoms with Crippen molar-refractivity contribution in [3.05, 3.63) is 47.7 Å². The third-order valence-corrected chi connectivity index (χ3v) is 8.50. The minimum Gasteiger partial charge on any atom is -0.494 e. The summed E-state index contributed by atoms with van der Waals surface area (Å²) in [7, 11) is 5.14. The van der Waals surface area contributed by atoms with Crippen LogP contribution in [0.2, 0.25) is 0 Å². The summed E-state index contributed by atoms with van der Waals surface area (Å²) in [6, 6.07) is 8.79. The molecule has 2 fully saturated rings. The fraction of sp³-hybridized carbons (Fsp3) is 0.429. The summed E-state index contributed by atoms with van der Waals surface area (Å²) in [6.45, 7) is 3.10. The standard InChI is InChI=1S/C28H34N6O4S/c1-32-10-12-34(13-11-32)28(37)33(2)23-7-5-20(17-29-23)30-25(18-8-14-39-15-9-18)24-21-6-4-19(27(36)38-3)16-22(21)31-26(24)35/h4-7,16-18,31,35H,8-15H2,1-3H3. The zero-order chi connectivity index (χ0) is 27.5. The van der Waals surface area contributed by atoms with Gasteiger partial charge in [-0.05, 0) is 55.7 Å². The summed E-state index contributed by atoms with van der Waals surface area (Å²) in [5.41, 5.74) is 3.12. The highest BCUT2D eigenvalue weighted by atomic mass is 32.2. The van der Waals surface area contributed by atoms with Crippen molar-refractivity contribution in [3.8, 4) is 5.88 Å². The second-order valence-electron chi connectivity index (χ2n) is 9.99. The summed E-state index contributed by atoms with van der Waals surface area (Å²) in [4.78, 5) is 43.2. The van der Waals surface area contributed by atoms with Gasteiger partial charge in [0.1, 0.15) is 5.82 Å². The molecule has 11 heteroatoms. The number of benzene rings is 1. The van der Waals surface area contributed by atoms with E-state index in [2.05, 4.69) is 21.9 Å². The maximum atomic E-state index is 13.0. The van der Waals surface area contributed by atoms with Crippen molar-refractivity contribution in [2.75, 3.05) is 63.8 Å². The SMILES string of the molecule is COC(=O)c1ccc2c(C(=Nc3ccc(N(C)C(=O)N4CCN(C)CC4)nc3)C3CCSCC3)c(O)[nH]c2c1. The number of pyridine rings is 1. The number of ether oxygens (including phenoxy) is 1. The second-order valence-corrected chi connectivity index (χ2v) is 11.2. The number of aromatic amines is 1. The number of hydrogen-bond acceptors (Lipinski definition) is 8. The van der Waals surface area contributed by atoms with E-state index in [4.69, 9.17) is 9.73 Å². The summed E-state index contributed by atoms with van der Waals surface area (Å²) >= 11 is 1.92. The fourth-order valence-corrected chi connectivity index (χ4v) is 6.21. The number of carbonyl (C=O) groups excluding carboxylic acids is 2. The van der Waals surface area contributed by atoms with Crippen LogP contribution in [0.5, 0.6) is 5.88 Å². The average molecular weight is 551 g/mol. The zero-order valence-corrected chi connectivity index (χ0v) is 23.3. The number of anilines is 1. The Morgan fingerprint density at radius 2 is 1.90 bits per heavy atom. The lowest BCUT2D eigenvalue weighted by Gasteiger charge is -2.34. The molecule has 5 rings (SSSR count). The first-order chi connectivity index (χ1) is 18.9. The van der Waals surface area contributed by atoms with Crippen molar-refractivity contribution in [1.29, 1.82) is 0 Å². The van der Waals surface area contributed by atoms with Crippen LogP contribution in [0.25, 0.3) is 10.9 Å². The van der Waals surface area contributed by atoms with Gasteiger partial charge in [0, 0.05) is 50.0 Å². The van der Waals surface area contributed by atoms with Gasteiger partial charge in [0.25, 0.3) is 0 Å². The number of rotatable bonds is 5. The number of carbonyl (C=O) groups is 2. The Bertz CT molecular complexity index is 1370. The molecular weight excluding hydrogens is 516 g/mol. The van der Waals surface area contributed by atoms with Gasteiger partial charge in [-0.3, -0.25) is 9.89 Å². The number of methoxy groups -OCH3 is 1. The number of aliphatic imine (C=N–C) groups is 1. The molecule has 39 heavy (non-hydrogen) atoms. The Kier molecular flexibility index (Phi) is 8.08. The zero-order valence-electron chi connectivity index (χ0n) is 22.5. The number of piperazine rings is 1. The van der Waals surface area contributed by atoms with Crippen molar-refractivity contribution in [3.63, 3.8) is 0 Å². The molecule has 0 unspecified atom stereocenters. The van der Waals surface area contributed by atoms with Gasteiger partial charge in [-0.1, -0.05) is 6.07 Å². The first kappa shape index (κ1) is 27.0. The molecule has 2 saturated heterocycles. The number of aromatic hydroxyl groups is 1. The Balaban J connectivity index is 1.45. The highest BCUT2D eigenvalue weighted by Gasteiger charge is 2.27. The van der Waals surface area contributed by atoms with E-state index >= 15 is 0 Å². The van der Waals surface area contributed by atoms with Gasteiger partial charge in [-0.25, -0.2) is 14.6 Å². The number of amides is 2. The van der Waals surface area contributed by atoms with Gasteiger partial charge >= 0.3 is 12.0 Å². The number of hydrogen-bond donors (Lipinski definition) is 2. The summed E-state index contributed by atoms with van der Waals surface area (Å²) in [5, 5.41) is 11.8. The second kappa shape index (κ2) is 11.7. The van der Waals surface area contributed by atoms with Crippen LogP contribution in [0.3, 0.4) is 0 Å². The number of aromatic nitrogens is 2. The molecule has 3 aromatic rings. The predicted molar refractivity (Wildman–Crippen MR) is 155 cm³/mol. The molecule has 2 amide bonds. The molecule has 2 aliphatic rings. The largest absolute Gasteiger partial charge is 0.494 e. The Morgan fingerprint density at radius 3 is 2.56 bits per heavy atom. The number of urea groups is 1. The predicted octanol–water partition coefficient (Wildman–Crippen LogP) is 4.12. The molecule has 0 spiro atoms. The van der Waals surface area contributed by atoms with Crippen LogP contribution in [0.4, 0.5) is 16.3 Å². The van der Waals surface area contributed by atoms with Gasteiger partial charge in [-0.15, -0.1) is 0 Å². The minimum absolute atomic E-state index is 0.0195. The number of nitrogens with one attached hydrogen (secondary N) is 1.